The van der Waals surface area contributed by atoms with Crippen LogP contribution >= 0.6 is 11.3 Å². The van der Waals surface area contributed by atoms with Crippen molar-refractivity contribution < 1.29 is 19.5 Å². The van der Waals surface area contributed by atoms with E-state index in [1.54, 1.807) is 12.3 Å². The highest BCUT2D eigenvalue weighted by molar-refractivity contribution is 7.15. The van der Waals surface area contributed by atoms with Crippen LogP contribution in [0.15, 0.2) is 5.38 Å². The van der Waals surface area contributed by atoms with Gasteiger partial charge in [0.1, 0.15) is 5.00 Å². The molecule has 0 fully saturated rings. The van der Waals surface area contributed by atoms with Crippen LogP contribution in [0, 0.1) is 6.92 Å². The first-order valence-electron chi connectivity index (χ1n) is 5.23. The van der Waals surface area contributed by atoms with Crippen molar-refractivity contribution in [1.29, 1.82) is 0 Å². The van der Waals surface area contributed by atoms with Gasteiger partial charge in [-0.1, -0.05) is 0 Å². The molecule has 7 heteroatoms. The zero-order chi connectivity index (χ0) is 13.7. The molecule has 6 nitrogen and oxygen atoms in total. The van der Waals surface area contributed by atoms with Crippen molar-refractivity contribution in [3.8, 4) is 0 Å². The van der Waals surface area contributed by atoms with E-state index >= 15 is 0 Å². The summed E-state index contributed by atoms with van der Waals surface area (Å²) in [6.07, 6.45) is 0.404. The van der Waals surface area contributed by atoms with E-state index in [4.69, 9.17) is 5.11 Å². The van der Waals surface area contributed by atoms with Crippen molar-refractivity contribution in [3.05, 3.63) is 16.5 Å². The van der Waals surface area contributed by atoms with Crippen molar-refractivity contribution in [2.75, 3.05) is 18.9 Å². The predicted octanol–water partition coefficient (Wildman–Crippen LogP) is 1.17. The van der Waals surface area contributed by atoms with Gasteiger partial charge in [0, 0.05) is 13.6 Å². The summed E-state index contributed by atoms with van der Waals surface area (Å²) in [5.74, 6) is -1.25. The summed E-state index contributed by atoms with van der Waals surface area (Å²) in [4.78, 5) is 34.3. The van der Waals surface area contributed by atoms with Gasteiger partial charge in [0.25, 0.3) is 5.91 Å². The molecule has 0 spiro atoms. The van der Waals surface area contributed by atoms with Crippen LogP contribution in [-0.4, -0.2) is 41.9 Å². The molecule has 0 saturated carbocycles. The lowest BCUT2D eigenvalue weighted by molar-refractivity contribution is -0.137. The second kappa shape index (κ2) is 6.15. The molecule has 0 saturated heterocycles. The maximum atomic E-state index is 12.1. The summed E-state index contributed by atoms with van der Waals surface area (Å²) in [5.41, 5.74) is 1.18. The lowest BCUT2D eigenvalue weighted by Gasteiger charge is -2.16. The van der Waals surface area contributed by atoms with Crippen LogP contribution in [0.1, 0.15) is 22.3 Å². The standard InChI is InChI=1S/C11H14N2O4S/c1-7-5-18-10(12-6-14)9(7)11(17)13(2)4-3-8(15)16/h5-6H,3-4H2,1-2H3,(H,12,14)(H,15,16). The van der Waals surface area contributed by atoms with Gasteiger partial charge in [0.2, 0.25) is 6.41 Å². The largest absolute Gasteiger partial charge is 0.481 e. The molecule has 2 N–H and O–H groups in total. The molecule has 2 amide bonds. The number of carboxylic acid groups (broad SMARTS) is 1. The van der Waals surface area contributed by atoms with E-state index in [1.165, 1.54) is 23.3 Å². The molecule has 1 rings (SSSR count). The van der Waals surface area contributed by atoms with Crippen LogP contribution in [-0.2, 0) is 9.59 Å². The fraction of sp³-hybridized carbons (Fsp3) is 0.364. The lowest BCUT2D eigenvalue weighted by atomic mass is 10.2. The number of carbonyl (C=O) groups excluding carboxylic acids is 2. The van der Waals surface area contributed by atoms with Gasteiger partial charge in [-0.05, 0) is 17.9 Å². The Morgan fingerprint density at radius 3 is 2.78 bits per heavy atom. The monoisotopic (exact) mass is 270 g/mol. The van der Waals surface area contributed by atoms with Gasteiger partial charge in [0.05, 0.1) is 12.0 Å². The Morgan fingerprint density at radius 1 is 1.56 bits per heavy atom. The predicted molar refractivity (Wildman–Crippen MR) is 68.0 cm³/mol. The molecule has 1 aromatic rings. The average Bonchev–Trinajstić information content (AvgIpc) is 2.67. The number of carbonyl (C=O) groups is 3. The quantitative estimate of drug-likeness (QED) is 0.760. The highest BCUT2D eigenvalue weighted by Gasteiger charge is 2.20. The number of rotatable bonds is 6. The molecule has 1 heterocycles. The van der Waals surface area contributed by atoms with Crippen LogP contribution < -0.4 is 5.32 Å². The van der Waals surface area contributed by atoms with E-state index in [2.05, 4.69) is 5.32 Å². The summed E-state index contributed by atoms with van der Waals surface area (Å²) in [6, 6.07) is 0. The Labute approximate surface area is 108 Å². The molecule has 1 aromatic heterocycles. The van der Waals surface area contributed by atoms with Crippen molar-refractivity contribution >= 4 is 34.6 Å². The van der Waals surface area contributed by atoms with Crippen LogP contribution in [0.25, 0.3) is 0 Å². The van der Waals surface area contributed by atoms with Gasteiger partial charge in [-0.25, -0.2) is 0 Å². The fourth-order valence-corrected chi connectivity index (χ4v) is 2.32. The SMILES string of the molecule is Cc1csc(NC=O)c1C(=O)N(C)CCC(=O)O. The Bertz CT molecular complexity index is 470. The highest BCUT2D eigenvalue weighted by atomic mass is 32.1. The minimum Gasteiger partial charge on any atom is -0.481 e. The molecule has 98 valence electrons. The number of aryl methyl sites for hydroxylation is 1. The van der Waals surface area contributed by atoms with Crippen LogP contribution in [0.5, 0.6) is 0 Å². The molecule has 0 bridgehead atoms. The zero-order valence-corrected chi connectivity index (χ0v) is 10.9. The maximum Gasteiger partial charge on any atom is 0.305 e. The van der Waals surface area contributed by atoms with Crippen LogP contribution in [0.3, 0.4) is 0 Å². The third-order valence-electron chi connectivity index (χ3n) is 2.39. The van der Waals surface area contributed by atoms with E-state index in [0.29, 0.717) is 17.0 Å². The molecular weight excluding hydrogens is 256 g/mol. The number of carboxylic acids is 1. The summed E-state index contributed by atoms with van der Waals surface area (Å²) in [6.45, 7) is 1.90. The van der Waals surface area contributed by atoms with Crippen molar-refractivity contribution in [2.24, 2.45) is 0 Å². The summed E-state index contributed by atoms with van der Waals surface area (Å²) in [5, 5.41) is 13.3. The summed E-state index contributed by atoms with van der Waals surface area (Å²) < 4.78 is 0. The van der Waals surface area contributed by atoms with E-state index in [0.717, 1.165) is 5.56 Å². The number of thiophene rings is 1. The Balaban J connectivity index is 2.85. The van der Waals surface area contributed by atoms with E-state index in [1.807, 2.05) is 0 Å². The molecule has 0 aliphatic rings. The van der Waals surface area contributed by atoms with Gasteiger partial charge in [-0.2, -0.15) is 0 Å². The molecule has 0 radical (unpaired) electrons. The maximum absolute atomic E-state index is 12.1. The van der Waals surface area contributed by atoms with Crippen molar-refractivity contribution in [3.63, 3.8) is 0 Å². The molecule has 0 aromatic carbocycles. The molecular formula is C11H14N2O4S. The molecule has 0 aliphatic heterocycles. The summed E-state index contributed by atoms with van der Waals surface area (Å²) in [7, 11) is 1.53. The smallest absolute Gasteiger partial charge is 0.305 e. The number of nitrogens with zero attached hydrogens (tertiary/aromatic N) is 1. The van der Waals surface area contributed by atoms with Gasteiger partial charge in [-0.15, -0.1) is 11.3 Å². The van der Waals surface area contributed by atoms with Gasteiger partial charge in [-0.3, -0.25) is 14.4 Å². The lowest BCUT2D eigenvalue weighted by Crippen LogP contribution is -2.29. The number of anilines is 1. The Hall–Kier alpha value is -1.89. The Morgan fingerprint density at radius 2 is 2.22 bits per heavy atom. The second-order valence-electron chi connectivity index (χ2n) is 3.76. The van der Waals surface area contributed by atoms with E-state index < -0.39 is 5.97 Å². The minimum atomic E-state index is -0.956. The topological polar surface area (TPSA) is 86.7 Å². The normalized spacial score (nSPS) is 9.89. The van der Waals surface area contributed by atoms with E-state index in [9.17, 15) is 14.4 Å². The first kappa shape index (κ1) is 14.2. The van der Waals surface area contributed by atoms with Crippen LogP contribution in [0.4, 0.5) is 5.00 Å². The first-order valence-corrected chi connectivity index (χ1v) is 6.10. The summed E-state index contributed by atoms with van der Waals surface area (Å²) >= 11 is 1.26. The van der Waals surface area contributed by atoms with Gasteiger partial charge in [0.15, 0.2) is 0 Å². The first-order chi connectivity index (χ1) is 8.47. The Kier molecular flexibility index (Phi) is 4.85. The number of hydrogen-bond acceptors (Lipinski definition) is 4. The van der Waals surface area contributed by atoms with Gasteiger partial charge < -0.3 is 15.3 Å². The average molecular weight is 270 g/mol. The molecule has 18 heavy (non-hydrogen) atoms. The number of amides is 2. The third-order valence-corrected chi connectivity index (χ3v) is 3.42. The highest BCUT2D eigenvalue weighted by Crippen LogP contribution is 2.28. The molecule has 0 atom stereocenters. The van der Waals surface area contributed by atoms with Gasteiger partial charge >= 0.3 is 5.97 Å². The number of hydrogen-bond donors (Lipinski definition) is 2. The van der Waals surface area contributed by atoms with Crippen molar-refractivity contribution in [2.45, 2.75) is 13.3 Å². The fourth-order valence-electron chi connectivity index (χ4n) is 1.43. The number of aliphatic carboxylic acids is 1. The zero-order valence-electron chi connectivity index (χ0n) is 10.1. The molecule has 0 unspecified atom stereocenters. The third kappa shape index (κ3) is 3.30. The van der Waals surface area contributed by atoms with Crippen LogP contribution in [0.2, 0.25) is 0 Å². The van der Waals surface area contributed by atoms with E-state index in [-0.39, 0.29) is 18.9 Å². The second-order valence-corrected chi connectivity index (χ2v) is 4.64. The van der Waals surface area contributed by atoms with Crippen molar-refractivity contribution in [1.82, 2.24) is 4.90 Å². The minimum absolute atomic E-state index is 0.109. The molecule has 0 aliphatic carbocycles. The number of nitrogens with one attached hydrogen (secondary N) is 1.